The quantitative estimate of drug-likeness (QED) is 0.736. The van der Waals surface area contributed by atoms with Crippen LogP contribution in [0.5, 0.6) is 0 Å². The Morgan fingerprint density at radius 2 is 2.14 bits per heavy atom. The summed E-state index contributed by atoms with van der Waals surface area (Å²) in [5.41, 5.74) is 0.663. The van der Waals surface area contributed by atoms with Crippen LogP contribution in [-0.4, -0.2) is 22.1 Å². The summed E-state index contributed by atoms with van der Waals surface area (Å²) < 4.78 is 1.44. The molecule has 1 aromatic carbocycles. The molecule has 0 unspecified atom stereocenters. The van der Waals surface area contributed by atoms with E-state index in [1.165, 1.54) is 10.9 Å². The van der Waals surface area contributed by atoms with Crippen molar-refractivity contribution in [2.75, 3.05) is 11.4 Å². The summed E-state index contributed by atoms with van der Waals surface area (Å²) in [6, 6.07) is 4.97. The fourth-order valence-corrected chi connectivity index (χ4v) is 2.56. The molecule has 0 aliphatic carbocycles. The number of benzene rings is 1. The zero-order valence-corrected chi connectivity index (χ0v) is 13.3. The van der Waals surface area contributed by atoms with Crippen LogP contribution < -0.4 is 4.90 Å². The van der Waals surface area contributed by atoms with Gasteiger partial charge in [-0.05, 0) is 24.6 Å². The normalized spacial score (nSPS) is 10.6. The van der Waals surface area contributed by atoms with Crippen molar-refractivity contribution in [2.24, 2.45) is 0 Å². The lowest BCUT2D eigenvalue weighted by atomic mass is 10.2. The van der Waals surface area contributed by atoms with Crippen LogP contribution in [0, 0.1) is 0 Å². The maximum absolute atomic E-state index is 12.6. The number of unbranched alkanes of at least 4 members (excludes halogenated alkanes) is 2. The number of aromatic nitrogens is 2. The van der Waals surface area contributed by atoms with E-state index in [9.17, 15) is 4.79 Å². The second-order valence-electron chi connectivity index (χ2n) is 4.71. The van der Waals surface area contributed by atoms with Gasteiger partial charge < -0.3 is 0 Å². The molecule has 0 N–H and O–H groups in total. The van der Waals surface area contributed by atoms with Crippen molar-refractivity contribution < 1.29 is 4.79 Å². The molecule has 1 heterocycles. The third-order valence-corrected chi connectivity index (χ3v) is 3.68. The Hall–Kier alpha value is -1.52. The van der Waals surface area contributed by atoms with Gasteiger partial charge in [0.15, 0.2) is 0 Å². The molecule has 0 fully saturated rings. The van der Waals surface area contributed by atoms with E-state index in [0.717, 1.165) is 19.3 Å². The van der Waals surface area contributed by atoms with E-state index in [1.54, 1.807) is 35.5 Å². The predicted molar refractivity (Wildman–Crippen MR) is 86.4 cm³/mol. The summed E-state index contributed by atoms with van der Waals surface area (Å²) in [4.78, 5) is 18.2. The smallest absolute Gasteiger partial charge is 0.292 e. The molecule has 0 aliphatic rings. The van der Waals surface area contributed by atoms with Crippen molar-refractivity contribution in [1.29, 1.82) is 0 Å². The van der Waals surface area contributed by atoms with Crippen molar-refractivity contribution in [3.63, 3.8) is 0 Å². The van der Waals surface area contributed by atoms with Crippen LogP contribution in [0.3, 0.4) is 0 Å². The lowest BCUT2D eigenvalue weighted by Gasteiger charge is -2.24. The van der Waals surface area contributed by atoms with E-state index in [2.05, 4.69) is 11.9 Å². The molecule has 21 heavy (non-hydrogen) atoms. The van der Waals surface area contributed by atoms with Gasteiger partial charge in [0, 0.05) is 24.0 Å². The number of rotatable bonds is 5. The van der Waals surface area contributed by atoms with Gasteiger partial charge in [-0.2, -0.15) is 0 Å². The number of hydrogen-bond acceptors (Lipinski definition) is 2. The van der Waals surface area contributed by atoms with Crippen LogP contribution in [0.1, 0.15) is 26.2 Å². The highest BCUT2D eigenvalue weighted by atomic mass is 35.5. The minimum Gasteiger partial charge on any atom is -0.292 e. The number of halogens is 2. The summed E-state index contributed by atoms with van der Waals surface area (Å²) in [6.07, 6.45) is 7.74. The van der Waals surface area contributed by atoms with Crippen LogP contribution in [0.2, 0.25) is 10.0 Å². The van der Waals surface area contributed by atoms with Gasteiger partial charge in [-0.15, -0.1) is 0 Å². The van der Waals surface area contributed by atoms with Crippen LogP contribution in [0.4, 0.5) is 10.5 Å². The highest BCUT2D eigenvalue weighted by Crippen LogP contribution is 2.29. The Morgan fingerprint density at radius 1 is 1.33 bits per heavy atom. The molecular weight excluding hydrogens is 309 g/mol. The minimum atomic E-state index is -0.173. The molecular formula is C15H17Cl2N3O. The molecule has 0 atom stereocenters. The largest absolute Gasteiger partial charge is 0.333 e. The monoisotopic (exact) mass is 325 g/mol. The number of nitrogens with zero attached hydrogens (tertiary/aromatic N) is 3. The zero-order chi connectivity index (χ0) is 15.2. The van der Waals surface area contributed by atoms with E-state index in [1.807, 2.05) is 0 Å². The highest BCUT2D eigenvalue weighted by Gasteiger charge is 2.19. The topological polar surface area (TPSA) is 38.1 Å². The van der Waals surface area contributed by atoms with Gasteiger partial charge in [0.1, 0.15) is 6.33 Å². The van der Waals surface area contributed by atoms with Gasteiger partial charge in [-0.25, -0.2) is 9.78 Å². The van der Waals surface area contributed by atoms with E-state index in [-0.39, 0.29) is 6.03 Å². The first-order chi connectivity index (χ1) is 10.1. The van der Waals surface area contributed by atoms with Gasteiger partial charge in [0.2, 0.25) is 0 Å². The SMILES string of the molecule is CCCCCN(C(=O)n1ccnc1)c1ccc(Cl)cc1Cl. The van der Waals surface area contributed by atoms with Crippen LogP contribution >= 0.6 is 23.2 Å². The van der Waals surface area contributed by atoms with E-state index in [0.29, 0.717) is 22.3 Å². The van der Waals surface area contributed by atoms with E-state index < -0.39 is 0 Å². The number of carbonyl (C=O) groups is 1. The van der Waals surface area contributed by atoms with Gasteiger partial charge in [-0.1, -0.05) is 43.0 Å². The average Bonchev–Trinajstić information content (AvgIpc) is 2.98. The lowest BCUT2D eigenvalue weighted by molar-refractivity contribution is 0.247. The van der Waals surface area contributed by atoms with Crippen LogP contribution in [0.25, 0.3) is 0 Å². The standard InChI is InChI=1S/C15H17Cl2N3O/c1-2-3-4-8-20(15(21)19-9-7-18-11-19)14-6-5-12(16)10-13(14)17/h5-7,9-11H,2-4,8H2,1H3. The Labute approximate surface area is 134 Å². The van der Waals surface area contributed by atoms with Crippen LogP contribution in [0.15, 0.2) is 36.9 Å². The Bertz CT molecular complexity index is 599. The molecule has 0 radical (unpaired) electrons. The van der Waals surface area contributed by atoms with Crippen molar-refractivity contribution in [1.82, 2.24) is 9.55 Å². The lowest BCUT2D eigenvalue weighted by Crippen LogP contribution is -2.35. The van der Waals surface area contributed by atoms with Crippen LogP contribution in [-0.2, 0) is 0 Å². The molecule has 0 spiro atoms. The Kier molecular flexibility index (Phi) is 5.65. The summed E-state index contributed by atoms with van der Waals surface area (Å²) in [7, 11) is 0. The third kappa shape index (κ3) is 3.99. The number of imidazole rings is 1. The molecule has 6 heteroatoms. The molecule has 1 amide bonds. The molecule has 0 saturated heterocycles. The highest BCUT2D eigenvalue weighted by molar-refractivity contribution is 6.36. The molecule has 2 aromatic rings. The Balaban J connectivity index is 2.28. The van der Waals surface area contributed by atoms with Crippen molar-refractivity contribution >= 4 is 34.9 Å². The number of hydrogen-bond donors (Lipinski definition) is 0. The number of carbonyl (C=O) groups excluding carboxylic acids is 1. The molecule has 2 rings (SSSR count). The Morgan fingerprint density at radius 3 is 2.76 bits per heavy atom. The molecule has 0 saturated carbocycles. The van der Waals surface area contributed by atoms with E-state index >= 15 is 0 Å². The minimum absolute atomic E-state index is 0.173. The summed E-state index contributed by atoms with van der Waals surface area (Å²) >= 11 is 12.2. The summed E-state index contributed by atoms with van der Waals surface area (Å²) in [5.74, 6) is 0. The number of anilines is 1. The second-order valence-corrected chi connectivity index (χ2v) is 5.55. The molecule has 0 bridgehead atoms. The second kappa shape index (κ2) is 7.48. The first-order valence-corrected chi connectivity index (χ1v) is 7.64. The third-order valence-electron chi connectivity index (χ3n) is 3.14. The zero-order valence-electron chi connectivity index (χ0n) is 11.8. The molecule has 112 valence electrons. The van der Waals surface area contributed by atoms with E-state index in [4.69, 9.17) is 23.2 Å². The van der Waals surface area contributed by atoms with Crippen molar-refractivity contribution in [2.45, 2.75) is 26.2 Å². The van der Waals surface area contributed by atoms with Gasteiger partial charge in [-0.3, -0.25) is 9.47 Å². The number of amides is 1. The fourth-order valence-electron chi connectivity index (χ4n) is 2.05. The molecule has 4 nitrogen and oxygen atoms in total. The predicted octanol–water partition coefficient (Wildman–Crippen LogP) is 4.85. The molecule has 0 aliphatic heterocycles. The van der Waals surface area contributed by atoms with Gasteiger partial charge in [0.25, 0.3) is 0 Å². The fraction of sp³-hybridized carbons (Fsp3) is 0.333. The maximum atomic E-state index is 12.6. The summed E-state index contributed by atoms with van der Waals surface area (Å²) in [5, 5.41) is 1.01. The van der Waals surface area contributed by atoms with Crippen molar-refractivity contribution in [3.8, 4) is 0 Å². The first kappa shape index (κ1) is 15.9. The maximum Gasteiger partial charge on any atom is 0.333 e. The van der Waals surface area contributed by atoms with Crippen molar-refractivity contribution in [3.05, 3.63) is 47.0 Å². The van der Waals surface area contributed by atoms with Gasteiger partial charge >= 0.3 is 6.03 Å². The summed E-state index contributed by atoms with van der Waals surface area (Å²) in [6.45, 7) is 2.73. The first-order valence-electron chi connectivity index (χ1n) is 6.88. The van der Waals surface area contributed by atoms with Gasteiger partial charge in [0.05, 0.1) is 10.7 Å². The average molecular weight is 326 g/mol. The molecule has 1 aromatic heterocycles.